The second kappa shape index (κ2) is 9.48. The number of amides is 1. The maximum atomic E-state index is 13.2. The van der Waals surface area contributed by atoms with Crippen LogP contribution in [0.5, 0.6) is 0 Å². The van der Waals surface area contributed by atoms with E-state index in [1.807, 2.05) is 0 Å². The Kier molecular flexibility index (Phi) is 6.80. The van der Waals surface area contributed by atoms with Crippen molar-refractivity contribution in [2.24, 2.45) is 10.9 Å². The van der Waals surface area contributed by atoms with Crippen molar-refractivity contribution in [1.82, 2.24) is 10.2 Å². The number of nitrogens with zero attached hydrogens (tertiary/aromatic N) is 2. The normalized spacial score (nSPS) is 20.2. The number of fused-ring (bicyclic) bond motifs is 1. The largest absolute Gasteiger partial charge is 0.459 e. The van der Waals surface area contributed by atoms with Gasteiger partial charge in [0.15, 0.2) is 5.17 Å². The van der Waals surface area contributed by atoms with Gasteiger partial charge in [0.25, 0.3) is 0 Å². The summed E-state index contributed by atoms with van der Waals surface area (Å²) >= 11 is 1.32. The lowest BCUT2D eigenvalue weighted by Gasteiger charge is -2.36. The molecule has 1 aliphatic carbocycles. The molecule has 0 radical (unpaired) electrons. The maximum absolute atomic E-state index is 13.2. The van der Waals surface area contributed by atoms with Gasteiger partial charge in [0.05, 0.1) is 35.4 Å². The van der Waals surface area contributed by atoms with Gasteiger partial charge in [-0.1, -0.05) is 23.9 Å². The summed E-state index contributed by atoms with van der Waals surface area (Å²) in [6, 6.07) is 3.95. The van der Waals surface area contributed by atoms with Crippen molar-refractivity contribution in [3.8, 4) is 0 Å². The van der Waals surface area contributed by atoms with E-state index in [1.165, 1.54) is 23.9 Å². The van der Waals surface area contributed by atoms with E-state index in [4.69, 9.17) is 4.74 Å². The quantitative estimate of drug-likeness (QED) is 0.532. The molecule has 0 spiro atoms. The van der Waals surface area contributed by atoms with Gasteiger partial charge in [0.2, 0.25) is 5.91 Å². The Labute approximate surface area is 200 Å². The molecule has 1 aromatic carbocycles. The molecule has 1 atom stereocenters. The van der Waals surface area contributed by atoms with Crippen LogP contribution < -0.4 is 5.32 Å². The average Bonchev–Trinajstić information content (AvgIpc) is 3.51. The number of allylic oxidation sites excluding steroid dienone is 1. The molecule has 6 nitrogen and oxygen atoms in total. The summed E-state index contributed by atoms with van der Waals surface area (Å²) in [5.74, 6) is -0.204. The summed E-state index contributed by atoms with van der Waals surface area (Å²) in [5.41, 5.74) is 0.997. The molecule has 0 aromatic heterocycles. The molecule has 182 valence electrons. The molecule has 0 unspecified atom stereocenters. The molecule has 1 saturated carbocycles. The zero-order valence-corrected chi connectivity index (χ0v) is 19.9. The molecule has 1 aromatic rings. The number of hydrogen-bond donors (Lipinski definition) is 1. The number of nitrogens with one attached hydrogen (secondary N) is 1. The van der Waals surface area contributed by atoms with Crippen molar-refractivity contribution < 1.29 is 27.5 Å². The Hall–Kier alpha value is -2.75. The number of alkyl halides is 3. The van der Waals surface area contributed by atoms with E-state index in [-0.39, 0.29) is 24.0 Å². The summed E-state index contributed by atoms with van der Waals surface area (Å²) < 4.78 is 44.9. The summed E-state index contributed by atoms with van der Waals surface area (Å²) in [4.78, 5) is 31.9. The fourth-order valence-corrected chi connectivity index (χ4v) is 4.85. The molecule has 2 aliphatic heterocycles. The number of benzene rings is 1. The lowest BCUT2D eigenvalue weighted by molar-refractivity contribution is -0.143. The first-order valence-electron chi connectivity index (χ1n) is 11.1. The first kappa shape index (κ1) is 24.4. The molecule has 0 saturated heterocycles. The highest BCUT2D eigenvalue weighted by Crippen LogP contribution is 2.45. The molecule has 1 N–H and O–H groups in total. The predicted molar refractivity (Wildman–Crippen MR) is 123 cm³/mol. The van der Waals surface area contributed by atoms with Crippen LogP contribution in [0.2, 0.25) is 0 Å². The van der Waals surface area contributed by atoms with Gasteiger partial charge in [-0.2, -0.15) is 13.2 Å². The molecular weight excluding hydrogens is 467 g/mol. The number of ether oxygens (including phenoxy) is 1. The number of carbonyl (C=O) groups excluding carboxylic acids is 2. The molecule has 2 heterocycles. The Bertz CT molecular complexity index is 1070. The molecule has 3 aliphatic rings. The van der Waals surface area contributed by atoms with Gasteiger partial charge in [-0.25, -0.2) is 9.79 Å². The van der Waals surface area contributed by atoms with E-state index in [9.17, 15) is 22.8 Å². The van der Waals surface area contributed by atoms with E-state index < -0.39 is 23.8 Å². The van der Waals surface area contributed by atoms with E-state index in [2.05, 4.69) is 10.3 Å². The predicted octanol–water partition coefficient (Wildman–Crippen LogP) is 5.15. The molecule has 10 heteroatoms. The van der Waals surface area contributed by atoms with Crippen molar-refractivity contribution in [2.45, 2.75) is 58.4 Å². The number of rotatable bonds is 7. The smallest absolute Gasteiger partial charge is 0.416 e. The number of aliphatic imine (C=N–C) groups is 1. The van der Waals surface area contributed by atoms with Gasteiger partial charge >= 0.3 is 12.1 Å². The number of carbonyl (C=O) groups is 2. The summed E-state index contributed by atoms with van der Waals surface area (Å²) in [6.45, 7) is 5.76. The highest BCUT2D eigenvalue weighted by atomic mass is 32.2. The second-order valence-corrected chi connectivity index (χ2v) is 9.73. The van der Waals surface area contributed by atoms with Crippen LogP contribution in [-0.4, -0.2) is 34.6 Å². The zero-order chi connectivity index (χ0) is 24.6. The van der Waals surface area contributed by atoms with Crippen LogP contribution in [0.3, 0.4) is 0 Å². The molecule has 1 fully saturated rings. The Morgan fingerprint density at radius 1 is 1.24 bits per heavy atom. The highest BCUT2D eigenvalue weighted by Gasteiger charge is 2.42. The van der Waals surface area contributed by atoms with Crippen LogP contribution in [-0.2, 0) is 20.5 Å². The summed E-state index contributed by atoms with van der Waals surface area (Å²) in [6.07, 6.45) is -2.56. The van der Waals surface area contributed by atoms with Crippen LogP contribution in [0.25, 0.3) is 0 Å². The van der Waals surface area contributed by atoms with Crippen LogP contribution in [0.15, 0.2) is 51.6 Å². The monoisotopic (exact) mass is 493 g/mol. The average molecular weight is 494 g/mol. The van der Waals surface area contributed by atoms with Gasteiger partial charge in [-0.05, 0) is 62.6 Å². The Morgan fingerprint density at radius 3 is 2.50 bits per heavy atom. The van der Waals surface area contributed by atoms with Gasteiger partial charge in [0.1, 0.15) is 0 Å². The lowest BCUT2D eigenvalue weighted by atomic mass is 9.93. The molecule has 0 bridgehead atoms. The highest BCUT2D eigenvalue weighted by molar-refractivity contribution is 8.16. The third kappa shape index (κ3) is 5.32. The van der Waals surface area contributed by atoms with Crippen LogP contribution in [0.1, 0.15) is 57.2 Å². The van der Waals surface area contributed by atoms with Crippen molar-refractivity contribution in [2.75, 3.05) is 6.54 Å². The van der Waals surface area contributed by atoms with Gasteiger partial charge in [0, 0.05) is 12.2 Å². The van der Waals surface area contributed by atoms with Crippen LogP contribution in [0.4, 0.5) is 13.2 Å². The number of halogens is 3. The number of amidine groups is 1. The van der Waals surface area contributed by atoms with Gasteiger partial charge in [-0.3, -0.25) is 4.79 Å². The van der Waals surface area contributed by atoms with Crippen molar-refractivity contribution in [3.05, 3.63) is 57.8 Å². The Morgan fingerprint density at radius 2 is 1.91 bits per heavy atom. The minimum absolute atomic E-state index is 0.0709. The van der Waals surface area contributed by atoms with Crippen molar-refractivity contribution in [3.63, 3.8) is 0 Å². The second-order valence-electron chi connectivity index (χ2n) is 8.89. The van der Waals surface area contributed by atoms with Crippen molar-refractivity contribution >= 4 is 28.8 Å². The van der Waals surface area contributed by atoms with Gasteiger partial charge in [-0.15, -0.1) is 0 Å². The topological polar surface area (TPSA) is 71.0 Å². The maximum Gasteiger partial charge on any atom is 0.416 e. The summed E-state index contributed by atoms with van der Waals surface area (Å²) in [5, 5.41) is 5.30. The first-order valence-corrected chi connectivity index (χ1v) is 12.0. The summed E-state index contributed by atoms with van der Waals surface area (Å²) in [7, 11) is 0. The number of hydrogen-bond acceptors (Lipinski definition) is 6. The van der Waals surface area contributed by atoms with E-state index in [0.29, 0.717) is 34.6 Å². The van der Waals surface area contributed by atoms with Crippen LogP contribution >= 0.6 is 11.8 Å². The van der Waals surface area contributed by atoms with Crippen molar-refractivity contribution in [1.29, 1.82) is 0 Å². The van der Waals surface area contributed by atoms with Crippen LogP contribution in [0, 0.1) is 5.92 Å². The fraction of sp³-hybridized carbons (Fsp3) is 0.458. The number of thioether (sulfide) groups is 1. The molecule has 1 amide bonds. The first-order chi connectivity index (χ1) is 16.0. The minimum Gasteiger partial charge on any atom is -0.459 e. The standard InChI is InChI=1S/C24H26F3N3O3S/c1-13(2)33-22(32)20-14(3)29-23-30(18(12-34-23)10-19(31)28-11-15-4-5-15)21(20)16-6-8-17(9-7-16)24(25,26)27/h6-9,12-13,15,21H,4-5,10-11H2,1-3H3,(H,28,31)/t21-/m1/s1. The fourth-order valence-electron chi connectivity index (χ4n) is 3.89. The number of esters is 1. The molecular formula is C24H26F3N3O3S. The Balaban J connectivity index is 1.68. The third-order valence-corrected chi connectivity index (χ3v) is 6.63. The molecule has 4 rings (SSSR count). The minimum atomic E-state index is -4.48. The van der Waals surface area contributed by atoms with Gasteiger partial charge < -0.3 is 15.0 Å². The SMILES string of the molecule is CC1=C(C(=O)OC(C)C)[C@@H](c2ccc(C(F)(F)F)cc2)N2C(CC(=O)NCC3CC3)=CSC2=N1. The lowest BCUT2D eigenvalue weighted by Crippen LogP contribution is -2.38. The van der Waals surface area contributed by atoms with E-state index in [1.54, 1.807) is 31.1 Å². The molecule has 34 heavy (non-hydrogen) atoms. The van der Waals surface area contributed by atoms with E-state index >= 15 is 0 Å². The zero-order valence-electron chi connectivity index (χ0n) is 19.1. The van der Waals surface area contributed by atoms with E-state index in [0.717, 1.165) is 25.0 Å². The third-order valence-electron chi connectivity index (χ3n) is 5.74.